The first-order valence-electron chi connectivity index (χ1n) is 8.85. The minimum atomic E-state index is -4.42. The number of pyridine rings is 1. The molecule has 1 unspecified atom stereocenters. The van der Waals surface area contributed by atoms with E-state index in [1.807, 2.05) is 0 Å². The van der Waals surface area contributed by atoms with Crippen molar-refractivity contribution < 1.29 is 27.6 Å². The number of rotatable bonds is 4. The number of piperazine rings is 1. The summed E-state index contributed by atoms with van der Waals surface area (Å²) in [6, 6.07) is 1.38. The molecular weight excluding hydrogens is 459 g/mol. The number of piperidine rings is 1. The van der Waals surface area contributed by atoms with Crippen molar-refractivity contribution in [2.24, 2.45) is 0 Å². The fourth-order valence-electron chi connectivity index (χ4n) is 3.30. The minimum Gasteiger partial charge on any atom is -0.324 e. The van der Waals surface area contributed by atoms with Gasteiger partial charge in [-0.1, -0.05) is 0 Å². The topological polar surface area (TPSA) is 103 Å². The van der Waals surface area contributed by atoms with Crippen LogP contribution in [-0.2, 0) is 14.4 Å². The molecule has 0 bridgehead atoms. The van der Waals surface area contributed by atoms with Crippen LogP contribution in [0, 0.1) is 0 Å². The molecule has 160 valence electrons. The number of hydrogen-bond acceptors (Lipinski definition) is 6. The van der Waals surface area contributed by atoms with Crippen LogP contribution in [0.15, 0.2) is 18.3 Å². The molecule has 2 saturated heterocycles. The SMILES string of the molecule is Br.O=C1CCC(c2ccc(NC(=O)CN3CCNC[C@@H]3C(F)(F)F)cn2)C(=O)N1. The summed E-state index contributed by atoms with van der Waals surface area (Å²) in [7, 11) is 0. The van der Waals surface area contributed by atoms with Crippen LogP contribution in [0.1, 0.15) is 24.5 Å². The van der Waals surface area contributed by atoms with Crippen LogP contribution in [0.4, 0.5) is 18.9 Å². The largest absolute Gasteiger partial charge is 0.405 e. The molecule has 3 N–H and O–H groups in total. The molecule has 2 atom stereocenters. The summed E-state index contributed by atoms with van der Waals surface area (Å²) in [5, 5.41) is 7.45. The molecule has 3 amide bonds. The van der Waals surface area contributed by atoms with Crippen molar-refractivity contribution in [3.05, 3.63) is 24.0 Å². The molecule has 0 radical (unpaired) electrons. The van der Waals surface area contributed by atoms with Gasteiger partial charge in [0.25, 0.3) is 0 Å². The van der Waals surface area contributed by atoms with E-state index in [0.717, 1.165) is 4.90 Å². The van der Waals surface area contributed by atoms with Crippen molar-refractivity contribution in [3.63, 3.8) is 0 Å². The maximum atomic E-state index is 13.1. The fourth-order valence-corrected chi connectivity index (χ4v) is 3.30. The average Bonchev–Trinajstić information content (AvgIpc) is 2.62. The van der Waals surface area contributed by atoms with E-state index in [1.54, 1.807) is 6.07 Å². The molecule has 2 aliphatic rings. The highest BCUT2D eigenvalue weighted by molar-refractivity contribution is 8.93. The third-order valence-corrected chi connectivity index (χ3v) is 4.75. The van der Waals surface area contributed by atoms with Crippen molar-refractivity contribution in [2.75, 3.05) is 31.5 Å². The van der Waals surface area contributed by atoms with Crippen molar-refractivity contribution in [2.45, 2.75) is 31.0 Å². The molecule has 2 aliphatic heterocycles. The van der Waals surface area contributed by atoms with Gasteiger partial charge in [0.05, 0.1) is 30.0 Å². The zero-order chi connectivity index (χ0) is 20.3. The summed E-state index contributed by atoms with van der Waals surface area (Å²) in [4.78, 5) is 40.4. The summed E-state index contributed by atoms with van der Waals surface area (Å²) in [6.45, 7) is -0.147. The second-order valence-electron chi connectivity index (χ2n) is 6.76. The van der Waals surface area contributed by atoms with Crippen LogP contribution in [0.25, 0.3) is 0 Å². The summed E-state index contributed by atoms with van der Waals surface area (Å²) in [5.74, 6) is -1.87. The highest BCUT2D eigenvalue weighted by atomic mass is 79.9. The van der Waals surface area contributed by atoms with Crippen molar-refractivity contribution in [1.82, 2.24) is 20.5 Å². The molecular formula is C17H21BrF3N5O3. The van der Waals surface area contributed by atoms with Crippen LogP contribution in [0.2, 0.25) is 0 Å². The smallest absolute Gasteiger partial charge is 0.324 e. The first-order chi connectivity index (χ1) is 13.2. The van der Waals surface area contributed by atoms with Gasteiger partial charge in [-0.25, -0.2) is 0 Å². The predicted octanol–water partition coefficient (Wildman–Crippen LogP) is 0.954. The van der Waals surface area contributed by atoms with Crippen molar-refractivity contribution in [1.29, 1.82) is 0 Å². The molecule has 0 aromatic carbocycles. The summed E-state index contributed by atoms with van der Waals surface area (Å²) in [5.41, 5.74) is 0.780. The molecule has 0 saturated carbocycles. The minimum absolute atomic E-state index is 0. The predicted molar refractivity (Wildman–Crippen MR) is 103 cm³/mol. The number of nitrogens with one attached hydrogen (secondary N) is 3. The van der Waals surface area contributed by atoms with E-state index >= 15 is 0 Å². The molecule has 1 aromatic heterocycles. The Hall–Kier alpha value is -2.05. The Morgan fingerprint density at radius 1 is 1.31 bits per heavy atom. The lowest BCUT2D eigenvalue weighted by Crippen LogP contribution is -2.59. The highest BCUT2D eigenvalue weighted by Gasteiger charge is 2.45. The number of aromatic nitrogens is 1. The summed E-state index contributed by atoms with van der Waals surface area (Å²) < 4.78 is 39.2. The Bertz CT molecular complexity index is 760. The molecule has 1 aromatic rings. The zero-order valence-electron chi connectivity index (χ0n) is 15.3. The van der Waals surface area contributed by atoms with Crippen LogP contribution < -0.4 is 16.0 Å². The fraction of sp³-hybridized carbons (Fsp3) is 0.529. The number of halogens is 4. The van der Waals surface area contributed by atoms with E-state index in [4.69, 9.17) is 0 Å². The lowest BCUT2D eigenvalue weighted by Gasteiger charge is -2.36. The number of nitrogens with zero attached hydrogens (tertiary/aromatic N) is 2. The first-order valence-corrected chi connectivity index (χ1v) is 8.85. The van der Waals surface area contributed by atoms with Gasteiger partial charge in [-0.2, -0.15) is 13.2 Å². The lowest BCUT2D eigenvalue weighted by atomic mass is 9.94. The number of carbonyl (C=O) groups is 3. The molecule has 0 spiro atoms. The number of amides is 3. The van der Waals surface area contributed by atoms with E-state index < -0.39 is 30.0 Å². The van der Waals surface area contributed by atoms with Gasteiger partial charge in [0, 0.05) is 26.1 Å². The monoisotopic (exact) mass is 479 g/mol. The van der Waals surface area contributed by atoms with Crippen molar-refractivity contribution in [3.8, 4) is 0 Å². The third-order valence-electron chi connectivity index (χ3n) is 4.75. The van der Waals surface area contributed by atoms with Crippen LogP contribution in [0.3, 0.4) is 0 Å². The van der Waals surface area contributed by atoms with Gasteiger partial charge in [-0.3, -0.25) is 29.6 Å². The van der Waals surface area contributed by atoms with E-state index in [-0.39, 0.29) is 48.9 Å². The van der Waals surface area contributed by atoms with E-state index in [1.165, 1.54) is 12.3 Å². The molecule has 2 fully saturated rings. The van der Waals surface area contributed by atoms with Gasteiger partial charge >= 0.3 is 6.18 Å². The Kier molecular flexibility index (Phi) is 7.72. The van der Waals surface area contributed by atoms with E-state index in [2.05, 4.69) is 20.9 Å². The zero-order valence-corrected chi connectivity index (χ0v) is 17.0. The average molecular weight is 480 g/mol. The van der Waals surface area contributed by atoms with Crippen molar-refractivity contribution >= 4 is 40.4 Å². The van der Waals surface area contributed by atoms with Gasteiger partial charge in [0.2, 0.25) is 17.7 Å². The number of hydrogen-bond donors (Lipinski definition) is 3. The normalized spacial score (nSPS) is 23.1. The number of carbonyl (C=O) groups excluding carboxylic acids is 3. The molecule has 3 rings (SSSR count). The van der Waals surface area contributed by atoms with Crippen LogP contribution in [-0.4, -0.2) is 66.0 Å². The van der Waals surface area contributed by atoms with Gasteiger partial charge in [-0.05, 0) is 18.6 Å². The molecule has 0 aliphatic carbocycles. The second-order valence-corrected chi connectivity index (χ2v) is 6.76. The maximum Gasteiger partial charge on any atom is 0.405 e. The number of imide groups is 1. The highest BCUT2D eigenvalue weighted by Crippen LogP contribution is 2.26. The van der Waals surface area contributed by atoms with Gasteiger partial charge in [0.15, 0.2) is 0 Å². The molecule has 3 heterocycles. The van der Waals surface area contributed by atoms with Crippen LogP contribution >= 0.6 is 17.0 Å². The second kappa shape index (κ2) is 9.63. The van der Waals surface area contributed by atoms with E-state index in [0.29, 0.717) is 24.3 Å². The third kappa shape index (κ3) is 5.97. The Labute approximate surface area is 175 Å². The Morgan fingerprint density at radius 3 is 2.69 bits per heavy atom. The number of anilines is 1. The van der Waals surface area contributed by atoms with Gasteiger partial charge in [0.1, 0.15) is 6.04 Å². The van der Waals surface area contributed by atoms with E-state index in [9.17, 15) is 27.6 Å². The maximum absolute atomic E-state index is 13.1. The van der Waals surface area contributed by atoms with Gasteiger partial charge in [-0.15, -0.1) is 17.0 Å². The number of alkyl halides is 3. The molecule has 29 heavy (non-hydrogen) atoms. The summed E-state index contributed by atoms with van der Waals surface area (Å²) >= 11 is 0. The Balaban J connectivity index is 0.00000300. The molecule has 8 nitrogen and oxygen atoms in total. The van der Waals surface area contributed by atoms with Gasteiger partial charge < -0.3 is 10.6 Å². The first kappa shape index (κ1) is 23.2. The Morgan fingerprint density at radius 2 is 2.07 bits per heavy atom. The standard InChI is InChI=1S/C17H20F3N5O3.BrH/c18-17(19,20)13-8-21-5-6-25(13)9-15(27)23-10-1-3-12(22-7-10)11-2-4-14(26)24-16(11)28;/h1,3,7,11,13,21H,2,4-6,8-9H2,(H,23,27)(H,24,26,28);1H/t11?,13-;/m1./s1. The summed E-state index contributed by atoms with van der Waals surface area (Å²) in [6.07, 6.45) is -2.50. The lowest BCUT2D eigenvalue weighted by molar-refractivity contribution is -0.187. The van der Waals surface area contributed by atoms with Crippen LogP contribution in [0.5, 0.6) is 0 Å². The molecule has 12 heteroatoms. The quantitative estimate of drug-likeness (QED) is 0.555.